The molecule has 1 aromatic carbocycles. The Morgan fingerprint density at radius 2 is 1.84 bits per heavy atom. The fourth-order valence-electron chi connectivity index (χ4n) is 3.61. The molecule has 0 spiro atoms. The van der Waals surface area contributed by atoms with Crippen molar-refractivity contribution in [1.82, 2.24) is 9.21 Å². The maximum absolute atomic E-state index is 11.6. The number of methoxy groups -OCH3 is 1. The standard InChI is InChI=1S/C19H32N2O3S/c1-5-20(15-18-10-12-21(13-11-18)25(4,22)23)16(2)14-17-6-8-19(24-3)9-7-17/h6-9,16,18H,5,10-15H2,1-4H3/t16-/m1/s1. The van der Waals surface area contributed by atoms with Crippen LogP contribution in [-0.4, -0.2) is 63.2 Å². The first-order chi connectivity index (χ1) is 11.8. The van der Waals surface area contributed by atoms with Crippen LogP contribution in [0.15, 0.2) is 24.3 Å². The number of hydrogen-bond donors (Lipinski definition) is 0. The lowest BCUT2D eigenvalue weighted by Gasteiger charge is -2.36. The fourth-order valence-corrected chi connectivity index (χ4v) is 4.48. The molecule has 0 N–H and O–H groups in total. The number of sulfonamides is 1. The Labute approximate surface area is 153 Å². The zero-order valence-electron chi connectivity index (χ0n) is 15.9. The number of likely N-dealkylation sites (N-methyl/N-ethyl adjacent to an activating group) is 1. The number of piperidine rings is 1. The van der Waals surface area contributed by atoms with Crippen LogP contribution in [0.1, 0.15) is 32.3 Å². The van der Waals surface area contributed by atoms with E-state index in [4.69, 9.17) is 4.74 Å². The van der Waals surface area contributed by atoms with E-state index in [-0.39, 0.29) is 0 Å². The van der Waals surface area contributed by atoms with Gasteiger partial charge in [-0.25, -0.2) is 12.7 Å². The van der Waals surface area contributed by atoms with E-state index in [1.807, 2.05) is 12.1 Å². The minimum atomic E-state index is -3.04. The number of ether oxygens (including phenoxy) is 1. The second-order valence-electron chi connectivity index (χ2n) is 7.09. The molecule has 2 rings (SSSR count). The number of hydrogen-bond acceptors (Lipinski definition) is 4. The van der Waals surface area contributed by atoms with Crippen LogP contribution in [0, 0.1) is 5.92 Å². The zero-order valence-corrected chi connectivity index (χ0v) is 16.8. The summed E-state index contributed by atoms with van der Waals surface area (Å²) in [4.78, 5) is 2.52. The first-order valence-corrected chi connectivity index (χ1v) is 11.0. The predicted molar refractivity (Wildman–Crippen MR) is 103 cm³/mol. The molecule has 6 heteroatoms. The number of rotatable bonds is 8. The van der Waals surface area contributed by atoms with Gasteiger partial charge in [0, 0.05) is 25.7 Å². The summed E-state index contributed by atoms with van der Waals surface area (Å²) in [6.45, 7) is 7.87. The van der Waals surface area contributed by atoms with Crippen molar-refractivity contribution in [3.63, 3.8) is 0 Å². The summed E-state index contributed by atoms with van der Waals surface area (Å²) in [5.41, 5.74) is 1.32. The van der Waals surface area contributed by atoms with E-state index in [2.05, 4.69) is 30.9 Å². The van der Waals surface area contributed by atoms with Crippen molar-refractivity contribution in [2.45, 2.75) is 39.2 Å². The molecule has 0 unspecified atom stereocenters. The molecule has 25 heavy (non-hydrogen) atoms. The Hall–Kier alpha value is -1.11. The topological polar surface area (TPSA) is 49.9 Å². The zero-order chi connectivity index (χ0) is 18.4. The summed E-state index contributed by atoms with van der Waals surface area (Å²) in [7, 11) is -1.35. The molecule has 0 aliphatic carbocycles. The van der Waals surface area contributed by atoms with Gasteiger partial charge in [0.2, 0.25) is 10.0 Å². The highest BCUT2D eigenvalue weighted by molar-refractivity contribution is 7.88. The molecule has 0 radical (unpaired) electrons. The van der Waals surface area contributed by atoms with Crippen molar-refractivity contribution in [2.75, 3.05) is 39.5 Å². The summed E-state index contributed by atoms with van der Waals surface area (Å²) in [5.74, 6) is 1.47. The van der Waals surface area contributed by atoms with Crippen molar-refractivity contribution in [3.8, 4) is 5.75 Å². The van der Waals surface area contributed by atoms with Gasteiger partial charge in [0.05, 0.1) is 13.4 Å². The highest BCUT2D eigenvalue weighted by Crippen LogP contribution is 2.22. The van der Waals surface area contributed by atoms with Crippen LogP contribution in [0.3, 0.4) is 0 Å². The molecular formula is C19H32N2O3S. The summed E-state index contributed by atoms with van der Waals surface area (Å²) >= 11 is 0. The summed E-state index contributed by atoms with van der Waals surface area (Å²) in [5, 5.41) is 0. The van der Waals surface area contributed by atoms with Gasteiger partial charge in [-0.05, 0) is 56.3 Å². The molecule has 0 bridgehead atoms. The van der Waals surface area contributed by atoms with Crippen molar-refractivity contribution in [2.24, 2.45) is 5.92 Å². The van der Waals surface area contributed by atoms with Gasteiger partial charge in [-0.2, -0.15) is 0 Å². The molecule has 142 valence electrons. The normalized spacial score (nSPS) is 18.4. The van der Waals surface area contributed by atoms with Gasteiger partial charge in [-0.3, -0.25) is 0 Å². The van der Waals surface area contributed by atoms with Crippen LogP contribution < -0.4 is 4.74 Å². The third-order valence-electron chi connectivity index (χ3n) is 5.25. The Bertz CT molecular complexity index is 623. The predicted octanol–water partition coefficient (Wildman–Crippen LogP) is 2.62. The molecule has 1 saturated heterocycles. The second kappa shape index (κ2) is 9.01. The minimum absolute atomic E-state index is 0.464. The molecule has 1 atom stereocenters. The number of benzene rings is 1. The third-order valence-corrected chi connectivity index (χ3v) is 6.56. The largest absolute Gasteiger partial charge is 0.497 e. The van der Waals surface area contributed by atoms with Gasteiger partial charge in [-0.1, -0.05) is 19.1 Å². The van der Waals surface area contributed by atoms with E-state index < -0.39 is 10.0 Å². The lowest BCUT2D eigenvalue weighted by molar-refractivity contribution is 0.152. The van der Waals surface area contributed by atoms with Gasteiger partial charge < -0.3 is 9.64 Å². The first-order valence-electron chi connectivity index (χ1n) is 9.15. The maximum atomic E-state index is 11.6. The molecule has 0 aromatic heterocycles. The molecular weight excluding hydrogens is 336 g/mol. The van der Waals surface area contributed by atoms with Crippen molar-refractivity contribution in [1.29, 1.82) is 0 Å². The van der Waals surface area contributed by atoms with Crippen LogP contribution in [0.25, 0.3) is 0 Å². The summed E-state index contributed by atoms with van der Waals surface area (Å²) < 4.78 is 30.1. The average Bonchev–Trinajstić information content (AvgIpc) is 2.60. The third kappa shape index (κ3) is 5.97. The average molecular weight is 369 g/mol. The van der Waals surface area contributed by atoms with Gasteiger partial charge >= 0.3 is 0 Å². The molecule has 0 saturated carbocycles. The highest BCUT2D eigenvalue weighted by atomic mass is 32.2. The molecule has 5 nitrogen and oxygen atoms in total. The van der Waals surface area contributed by atoms with Crippen LogP contribution in [0.2, 0.25) is 0 Å². The Morgan fingerprint density at radius 1 is 1.24 bits per heavy atom. The van der Waals surface area contributed by atoms with E-state index in [9.17, 15) is 8.42 Å². The van der Waals surface area contributed by atoms with E-state index >= 15 is 0 Å². The molecule has 1 heterocycles. The lowest BCUT2D eigenvalue weighted by Crippen LogP contribution is -2.43. The van der Waals surface area contributed by atoms with Crippen molar-refractivity contribution in [3.05, 3.63) is 29.8 Å². The summed E-state index contributed by atoms with van der Waals surface area (Å²) in [6, 6.07) is 8.76. The second-order valence-corrected chi connectivity index (χ2v) is 9.08. The summed E-state index contributed by atoms with van der Waals surface area (Å²) in [6.07, 6.45) is 4.24. The Morgan fingerprint density at radius 3 is 2.32 bits per heavy atom. The fraction of sp³-hybridized carbons (Fsp3) is 0.684. The van der Waals surface area contributed by atoms with Crippen LogP contribution in [0.4, 0.5) is 0 Å². The van der Waals surface area contributed by atoms with Gasteiger partial charge in [-0.15, -0.1) is 0 Å². The van der Waals surface area contributed by atoms with Crippen LogP contribution in [0.5, 0.6) is 5.75 Å². The minimum Gasteiger partial charge on any atom is -0.497 e. The first kappa shape index (κ1) is 20.2. The van der Waals surface area contributed by atoms with Crippen molar-refractivity contribution >= 4 is 10.0 Å². The molecule has 1 aliphatic heterocycles. The highest BCUT2D eigenvalue weighted by Gasteiger charge is 2.26. The van der Waals surface area contributed by atoms with Crippen LogP contribution in [-0.2, 0) is 16.4 Å². The SMILES string of the molecule is CCN(CC1CCN(S(C)(=O)=O)CC1)[C@H](C)Cc1ccc(OC)cc1. The van der Waals surface area contributed by atoms with E-state index in [0.717, 1.165) is 38.1 Å². The molecule has 1 aromatic rings. The molecule has 1 aliphatic rings. The quantitative estimate of drug-likeness (QED) is 0.708. The van der Waals surface area contributed by atoms with Gasteiger partial charge in [0.25, 0.3) is 0 Å². The lowest BCUT2D eigenvalue weighted by atomic mass is 9.96. The van der Waals surface area contributed by atoms with E-state index in [1.165, 1.54) is 11.8 Å². The van der Waals surface area contributed by atoms with E-state index in [1.54, 1.807) is 11.4 Å². The maximum Gasteiger partial charge on any atom is 0.211 e. The number of nitrogens with zero attached hydrogens (tertiary/aromatic N) is 2. The Kier molecular flexibility index (Phi) is 7.28. The molecule has 0 amide bonds. The van der Waals surface area contributed by atoms with Gasteiger partial charge in [0.1, 0.15) is 5.75 Å². The smallest absolute Gasteiger partial charge is 0.211 e. The van der Waals surface area contributed by atoms with Gasteiger partial charge in [0.15, 0.2) is 0 Å². The van der Waals surface area contributed by atoms with Crippen molar-refractivity contribution < 1.29 is 13.2 Å². The van der Waals surface area contributed by atoms with Crippen LogP contribution >= 0.6 is 0 Å². The molecule has 1 fully saturated rings. The Balaban J connectivity index is 1.86. The monoisotopic (exact) mass is 368 g/mol. The van der Waals surface area contributed by atoms with E-state index in [0.29, 0.717) is 25.0 Å².